The third kappa shape index (κ3) is 3.86. The van der Waals surface area contributed by atoms with Crippen LogP contribution >= 0.6 is 0 Å². The molecule has 0 heterocycles. The van der Waals surface area contributed by atoms with Crippen LogP contribution in [0.2, 0.25) is 0 Å². The van der Waals surface area contributed by atoms with Crippen LogP contribution in [-0.4, -0.2) is 29.2 Å². The van der Waals surface area contributed by atoms with Crippen molar-refractivity contribution in [1.29, 1.82) is 0 Å². The van der Waals surface area contributed by atoms with E-state index in [4.69, 9.17) is 5.11 Å². The van der Waals surface area contributed by atoms with E-state index in [1.54, 1.807) is 12.1 Å². The molecule has 2 saturated carbocycles. The van der Waals surface area contributed by atoms with Crippen molar-refractivity contribution in [3.63, 3.8) is 0 Å². The first-order valence-corrected chi connectivity index (χ1v) is 8.57. The molecule has 0 saturated heterocycles. The summed E-state index contributed by atoms with van der Waals surface area (Å²) in [5, 5.41) is 14.8. The number of carboxylic acids is 1. The van der Waals surface area contributed by atoms with Gasteiger partial charge in [0.25, 0.3) is 0 Å². The van der Waals surface area contributed by atoms with Gasteiger partial charge < -0.3 is 15.7 Å². The van der Waals surface area contributed by atoms with Gasteiger partial charge in [0.15, 0.2) is 0 Å². The second-order valence-corrected chi connectivity index (χ2v) is 6.89. The van der Waals surface area contributed by atoms with Crippen molar-refractivity contribution in [3.8, 4) is 0 Å². The molecule has 5 nitrogen and oxygen atoms in total. The Bertz CT molecular complexity index is 608. The molecule has 0 unspecified atom stereocenters. The molecule has 0 radical (unpaired) electrons. The highest BCUT2D eigenvalue weighted by Gasteiger charge is 2.33. The van der Waals surface area contributed by atoms with Gasteiger partial charge in [-0.25, -0.2) is 9.18 Å². The maximum absolute atomic E-state index is 13.7. The zero-order chi connectivity index (χ0) is 17.1. The molecule has 3 rings (SSSR count). The van der Waals surface area contributed by atoms with E-state index in [1.165, 1.54) is 6.07 Å². The van der Waals surface area contributed by atoms with Gasteiger partial charge in [0.1, 0.15) is 5.82 Å². The van der Waals surface area contributed by atoms with Crippen LogP contribution in [0.4, 0.5) is 9.18 Å². The van der Waals surface area contributed by atoms with Gasteiger partial charge in [-0.1, -0.05) is 18.2 Å². The molecule has 6 heteroatoms. The summed E-state index contributed by atoms with van der Waals surface area (Å²) in [4.78, 5) is 22.9. The minimum absolute atomic E-state index is 0.0445. The molecule has 1 aromatic carbocycles. The quantitative estimate of drug-likeness (QED) is 0.792. The number of hydrogen-bond donors (Lipinski definition) is 3. The van der Waals surface area contributed by atoms with Crippen molar-refractivity contribution in [3.05, 3.63) is 35.6 Å². The van der Waals surface area contributed by atoms with Crippen molar-refractivity contribution < 1.29 is 19.1 Å². The van der Waals surface area contributed by atoms with Crippen molar-refractivity contribution in [2.75, 3.05) is 0 Å². The molecule has 2 aliphatic rings. The maximum atomic E-state index is 13.7. The molecule has 130 valence electrons. The minimum Gasteiger partial charge on any atom is -0.481 e. The predicted octanol–water partition coefficient (Wildman–Crippen LogP) is 3.01. The van der Waals surface area contributed by atoms with Crippen LogP contribution in [0, 0.1) is 11.7 Å². The number of halogens is 1. The molecule has 24 heavy (non-hydrogen) atoms. The van der Waals surface area contributed by atoms with E-state index < -0.39 is 5.97 Å². The van der Waals surface area contributed by atoms with E-state index in [1.807, 2.05) is 6.07 Å². The van der Waals surface area contributed by atoms with Crippen LogP contribution < -0.4 is 10.6 Å². The zero-order valence-corrected chi connectivity index (χ0v) is 13.5. The standard InChI is InChI=1S/C18H23FN2O3/c19-16-4-2-1-3-15(16)12-9-14(10-12)21-18(24)20-13-7-5-11(6-8-13)17(22)23/h1-4,11-14H,5-10H2,(H,22,23)(H2,20,21,24). The van der Waals surface area contributed by atoms with Gasteiger partial charge in [-0.3, -0.25) is 4.79 Å². The van der Waals surface area contributed by atoms with Crippen LogP contribution in [0.3, 0.4) is 0 Å². The highest BCUT2D eigenvalue weighted by atomic mass is 19.1. The third-order valence-electron chi connectivity index (χ3n) is 5.23. The van der Waals surface area contributed by atoms with E-state index in [9.17, 15) is 14.0 Å². The van der Waals surface area contributed by atoms with E-state index in [2.05, 4.69) is 10.6 Å². The van der Waals surface area contributed by atoms with Gasteiger partial charge in [0.05, 0.1) is 5.92 Å². The fraction of sp³-hybridized carbons (Fsp3) is 0.556. The molecule has 1 aromatic rings. The van der Waals surface area contributed by atoms with Gasteiger partial charge in [0, 0.05) is 12.1 Å². The Morgan fingerprint density at radius 1 is 1.00 bits per heavy atom. The smallest absolute Gasteiger partial charge is 0.315 e. The Balaban J connectivity index is 1.38. The maximum Gasteiger partial charge on any atom is 0.315 e. The number of rotatable bonds is 4. The van der Waals surface area contributed by atoms with Gasteiger partial charge in [0.2, 0.25) is 0 Å². The Morgan fingerprint density at radius 2 is 1.62 bits per heavy atom. The van der Waals surface area contributed by atoms with E-state index in [-0.39, 0.29) is 35.8 Å². The Hall–Kier alpha value is -2.11. The summed E-state index contributed by atoms with van der Waals surface area (Å²) < 4.78 is 13.7. The van der Waals surface area contributed by atoms with Crippen molar-refractivity contribution >= 4 is 12.0 Å². The largest absolute Gasteiger partial charge is 0.481 e. The topological polar surface area (TPSA) is 78.4 Å². The molecular weight excluding hydrogens is 311 g/mol. The SMILES string of the molecule is O=C(NC1CCC(C(=O)O)CC1)NC1CC(c2ccccc2F)C1. The summed E-state index contributed by atoms with van der Waals surface area (Å²) >= 11 is 0. The molecule has 0 spiro atoms. The van der Waals surface area contributed by atoms with Gasteiger partial charge in [-0.05, 0) is 56.1 Å². The molecule has 0 aliphatic heterocycles. The minimum atomic E-state index is -0.744. The number of nitrogens with one attached hydrogen (secondary N) is 2. The zero-order valence-electron chi connectivity index (χ0n) is 13.5. The van der Waals surface area contributed by atoms with Crippen LogP contribution in [0.1, 0.15) is 50.0 Å². The molecule has 0 aromatic heterocycles. The number of carboxylic acid groups (broad SMARTS) is 1. The fourth-order valence-electron chi connectivity index (χ4n) is 3.69. The Morgan fingerprint density at radius 3 is 2.25 bits per heavy atom. The second-order valence-electron chi connectivity index (χ2n) is 6.89. The lowest BCUT2D eigenvalue weighted by molar-refractivity contribution is -0.142. The number of carbonyl (C=O) groups excluding carboxylic acids is 1. The summed E-state index contributed by atoms with van der Waals surface area (Å²) in [6.45, 7) is 0. The number of hydrogen-bond acceptors (Lipinski definition) is 2. The normalized spacial score (nSPS) is 29.4. The number of amides is 2. The first kappa shape index (κ1) is 16.7. The van der Waals surface area contributed by atoms with Crippen LogP contribution in [0.25, 0.3) is 0 Å². The molecule has 3 N–H and O–H groups in total. The number of urea groups is 1. The average Bonchev–Trinajstić information content (AvgIpc) is 2.52. The number of benzene rings is 1. The van der Waals surface area contributed by atoms with Gasteiger partial charge in [-0.2, -0.15) is 0 Å². The summed E-state index contributed by atoms with van der Waals surface area (Å²) in [5.41, 5.74) is 0.725. The summed E-state index contributed by atoms with van der Waals surface area (Å²) in [7, 11) is 0. The first-order chi connectivity index (χ1) is 11.5. The lowest BCUT2D eigenvalue weighted by Crippen LogP contribution is -2.51. The molecule has 0 atom stereocenters. The molecule has 2 aliphatic carbocycles. The van der Waals surface area contributed by atoms with Crippen LogP contribution in [0.5, 0.6) is 0 Å². The van der Waals surface area contributed by atoms with Crippen LogP contribution in [0.15, 0.2) is 24.3 Å². The summed E-state index contributed by atoms with van der Waals surface area (Å²) in [6.07, 6.45) is 4.12. The lowest BCUT2D eigenvalue weighted by atomic mass is 9.75. The third-order valence-corrected chi connectivity index (χ3v) is 5.23. The predicted molar refractivity (Wildman–Crippen MR) is 87.2 cm³/mol. The number of aliphatic carboxylic acids is 1. The van der Waals surface area contributed by atoms with E-state index in [0.717, 1.165) is 18.4 Å². The van der Waals surface area contributed by atoms with Gasteiger partial charge >= 0.3 is 12.0 Å². The van der Waals surface area contributed by atoms with Gasteiger partial charge in [-0.15, -0.1) is 0 Å². The average molecular weight is 334 g/mol. The molecule has 0 bridgehead atoms. The monoisotopic (exact) mass is 334 g/mol. The highest BCUT2D eigenvalue weighted by Crippen LogP contribution is 2.37. The van der Waals surface area contributed by atoms with Crippen molar-refractivity contribution in [2.45, 2.75) is 56.5 Å². The second kappa shape index (κ2) is 7.20. The highest BCUT2D eigenvalue weighted by molar-refractivity contribution is 5.75. The molecule has 2 amide bonds. The fourth-order valence-corrected chi connectivity index (χ4v) is 3.69. The van der Waals surface area contributed by atoms with Crippen LogP contribution in [-0.2, 0) is 4.79 Å². The van der Waals surface area contributed by atoms with Crippen molar-refractivity contribution in [1.82, 2.24) is 10.6 Å². The van der Waals surface area contributed by atoms with E-state index in [0.29, 0.717) is 25.7 Å². The lowest BCUT2D eigenvalue weighted by Gasteiger charge is -2.37. The molecule has 2 fully saturated rings. The number of carbonyl (C=O) groups is 2. The first-order valence-electron chi connectivity index (χ1n) is 8.57. The molecular formula is C18H23FN2O3. The van der Waals surface area contributed by atoms with E-state index >= 15 is 0 Å². The Kier molecular flexibility index (Phi) is 5.02. The Labute approximate surface area is 140 Å². The summed E-state index contributed by atoms with van der Waals surface area (Å²) in [6, 6.07) is 6.70. The summed E-state index contributed by atoms with van der Waals surface area (Å²) in [5.74, 6) is -1.03. The van der Waals surface area contributed by atoms with Crippen molar-refractivity contribution in [2.24, 2.45) is 5.92 Å².